The number of fused-ring (bicyclic) bond motifs is 1. The van der Waals surface area contributed by atoms with E-state index in [2.05, 4.69) is 24.9 Å². The van der Waals surface area contributed by atoms with Crippen molar-refractivity contribution in [3.8, 4) is 0 Å². The van der Waals surface area contributed by atoms with Crippen LogP contribution in [0.4, 0.5) is 5.69 Å². The van der Waals surface area contributed by atoms with Crippen LogP contribution in [0.15, 0.2) is 23.2 Å². The fourth-order valence-electron chi connectivity index (χ4n) is 4.53. The van der Waals surface area contributed by atoms with E-state index in [-0.39, 0.29) is 28.7 Å². The van der Waals surface area contributed by atoms with Crippen molar-refractivity contribution in [1.82, 2.24) is 0 Å². The van der Waals surface area contributed by atoms with E-state index in [1.807, 2.05) is 17.0 Å². The highest BCUT2D eigenvalue weighted by molar-refractivity contribution is 8.16. The largest absolute Gasteiger partial charge is 0.316 e. The average Bonchev–Trinajstić information content (AvgIpc) is 3.30. The molecule has 1 aromatic carbocycles. The van der Waals surface area contributed by atoms with Crippen molar-refractivity contribution in [3.05, 3.63) is 29.3 Å². The predicted molar refractivity (Wildman–Crippen MR) is 116 cm³/mol. The Morgan fingerprint density at radius 1 is 1.18 bits per heavy atom. The Labute approximate surface area is 171 Å². The van der Waals surface area contributed by atoms with Crippen LogP contribution in [0.3, 0.4) is 0 Å². The number of sulfone groups is 1. The number of nitrogens with zero attached hydrogens (tertiary/aromatic N) is 2. The number of hydrogen-bond donors (Lipinski definition) is 0. The molecule has 152 valence electrons. The first-order valence-electron chi connectivity index (χ1n) is 10.2. The third-order valence-corrected chi connectivity index (χ3v) is 9.51. The summed E-state index contributed by atoms with van der Waals surface area (Å²) in [5, 5.41) is 0.623. The van der Waals surface area contributed by atoms with Crippen LogP contribution >= 0.6 is 11.8 Å². The zero-order valence-electron chi connectivity index (χ0n) is 16.6. The molecule has 5 nitrogen and oxygen atoms in total. The van der Waals surface area contributed by atoms with Gasteiger partial charge in [-0.2, -0.15) is 4.99 Å². The minimum atomic E-state index is -3.04. The van der Waals surface area contributed by atoms with Gasteiger partial charge in [0.2, 0.25) is 5.91 Å². The molecule has 4 rings (SSSR count). The molecule has 3 aliphatic rings. The van der Waals surface area contributed by atoms with Gasteiger partial charge in [0, 0.05) is 17.4 Å². The van der Waals surface area contributed by atoms with Crippen LogP contribution in [-0.2, 0) is 14.6 Å². The van der Waals surface area contributed by atoms with Gasteiger partial charge in [0.25, 0.3) is 0 Å². The Hall–Kier alpha value is -1.34. The first kappa shape index (κ1) is 20.0. The number of hydrogen-bond acceptors (Lipinski definition) is 4. The maximum absolute atomic E-state index is 12.6. The average molecular weight is 421 g/mol. The van der Waals surface area contributed by atoms with Gasteiger partial charge >= 0.3 is 0 Å². The maximum atomic E-state index is 12.6. The van der Waals surface area contributed by atoms with Crippen LogP contribution in [0, 0.1) is 19.8 Å². The Bertz CT molecular complexity index is 904. The lowest BCUT2D eigenvalue weighted by Gasteiger charge is -2.25. The lowest BCUT2D eigenvalue weighted by atomic mass is 10.0. The highest BCUT2D eigenvalue weighted by Gasteiger charge is 2.49. The summed E-state index contributed by atoms with van der Waals surface area (Å²) in [6.07, 6.45) is 6.43. The topological polar surface area (TPSA) is 66.8 Å². The predicted octanol–water partition coefficient (Wildman–Crippen LogP) is 3.88. The number of benzene rings is 1. The van der Waals surface area contributed by atoms with Gasteiger partial charge in [-0.3, -0.25) is 4.79 Å². The van der Waals surface area contributed by atoms with Crippen molar-refractivity contribution in [2.24, 2.45) is 10.9 Å². The van der Waals surface area contributed by atoms with Gasteiger partial charge in [-0.25, -0.2) is 8.42 Å². The lowest BCUT2D eigenvalue weighted by Crippen LogP contribution is -2.37. The zero-order chi connectivity index (χ0) is 19.9. The van der Waals surface area contributed by atoms with Crippen LogP contribution in [0.5, 0.6) is 0 Å². The van der Waals surface area contributed by atoms with Crippen molar-refractivity contribution in [1.29, 1.82) is 0 Å². The number of aliphatic imine (C=N–C) groups is 1. The van der Waals surface area contributed by atoms with E-state index < -0.39 is 9.84 Å². The molecule has 0 N–H and O–H groups in total. The SMILES string of the molecule is Cc1ccc(N2C(=NC(=O)CCC3CCCC3)S[C@H]3CS(=O)(=O)C[C@H]32)cc1C. The molecule has 7 heteroatoms. The molecule has 1 aromatic rings. The summed E-state index contributed by atoms with van der Waals surface area (Å²) in [7, 11) is -3.04. The van der Waals surface area contributed by atoms with Crippen molar-refractivity contribution >= 4 is 38.4 Å². The van der Waals surface area contributed by atoms with Crippen molar-refractivity contribution < 1.29 is 13.2 Å². The summed E-state index contributed by atoms with van der Waals surface area (Å²) in [4.78, 5) is 19.0. The molecule has 2 heterocycles. The normalized spacial score (nSPS) is 28.2. The van der Waals surface area contributed by atoms with Gasteiger partial charge in [0.1, 0.15) is 0 Å². The molecule has 1 amide bonds. The molecule has 2 saturated heterocycles. The summed E-state index contributed by atoms with van der Waals surface area (Å²) in [5.74, 6) is 0.887. The number of amides is 1. The van der Waals surface area contributed by atoms with Crippen molar-refractivity contribution in [3.63, 3.8) is 0 Å². The third-order valence-electron chi connectivity index (χ3n) is 6.30. The Balaban J connectivity index is 1.57. The summed E-state index contributed by atoms with van der Waals surface area (Å²) >= 11 is 1.46. The number of carbonyl (C=O) groups excluding carboxylic acids is 1. The summed E-state index contributed by atoms with van der Waals surface area (Å²) in [5.41, 5.74) is 3.28. The third kappa shape index (κ3) is 4.15. The summed E-state index contributed by atoms with van der Waals surface area (Å²) < 4.78 is 24.3. The van der Waals surface area contributed by atoms with Gasteiger partial charge in [0.15, 0.2) is 15.0 Å². The van der Waals surface area contributed by atoms with Crippen LogP contribution in [0.1, 0.15) is 49.7 Å². The molecule has 3 fully saturated rings. The molecule has 0 aromatic heterocycles. The standard InChI is InChI=1S/C21H28N2O3S2/c1-14-7-9-17(11-15(14)2)23-18-12-28(25,26)13-19(18)27-21(23)22-20(24)10-8-16-5-3-4-6-16/h7,9,11,16,18-19H,3-6,8,10,12-13H2,1-2H3/t18-,19+/m1/s1. The number of thioether (sulfide) groups is 1. The molecule has 2 aliphatic heterocycles. The highest BCUT2D eigenvalue weighted by atomic mass is 32.2. The minimum absolute atomic E-state index is 0.0482. The molecule has 1 saturated carbocycles. The second-order valence-corrected chi connectivity index (χ2v) is 11.8. The molecular weight excluding hydrogens is 392 g/mol. The van der Waals surface area contributed by atoms with E-state index in [9.17, 15) is 13.2 Å². The molecule has 0 bridgehead atoms. The monoisotopic (exact) mass is 420 g/mol. The van der Waals surface area contributed by atoms with E-state index >= 15 is 0 Å². The van der Waals surface area contributed by atoms with Gasteiger partial charge in [-0.05, 0) is 49.4 Å². The first-order chi connectivity index (χ1) is 13.3. The molecule has 0 radical (unpaired) electrons. The van der Waals surface area contributed by atoms with Crippen molar-refractivity contribution in [2.75, 3.05) is 16.4 Å². The van der Waals surface area contributed by atoms with Crippen LogP contribution in [0.2, 0.25) is 0 Å². The number of aryl methyl sites for hydroxylation is 2. The molecular formula is C21H28N2O3S2. The highest BCUT2D eigenvalue weighted by Crippen LogP contribution is 2.41. The van der Waals surface area contributed by atoms with E-state index in [0.29, 0.717) is 17.5 Å². The summed E-state index contributed by atoms with van der Waals surface area (Å²) in [6, 6.07) is 5.99. The van der Waals surface area contributed by atoms with Gasteiger partial charge in [-0.15, -0.1) is 0 Å². The first-order valence-corrected chi connectivity index (χ1v) is 12.9. The van der Waals surface area contributed by atoms with Gasteiger partial charge in [0.05, 0.1) is 17.5 Å². The smallest absolute Gasteiger partial charge is 0.248 e. The molecule has 1 aliphatic carbocycles. The minimum Gasteiger partial charge on any atom is -0.316 e. The second-order valence-electron chi connectivity index (χ2n) is 8.42. The zero-order valence-corrected chi connectivity index (χ0v) is 18.2. The number of carbonyl (C=O) groups is 1. The van der Waals surface area contributed by atoms with Crippen LogP contribution in [0.25, 0.3) is 0 Å². The van der Waals surface area contributed by atoms with Crippen molar-refractivity contribution in [2.45, 2.75) is 63.7 Å². The second kappa shape index (κ2) is 7.82. The number of anilines is 1. The Kier molecular flexibility index (Phi) is 5.58. The lowest BCUT2D eigenvalue weighted by molar-refractivity contribution is -0.118. The number of amidine groups is 1. The Morgan fingerprint density at radius 2 is 1.93 bits per heavy atom. The molecule has 2 atom stereocenters. The fourth-order valence-corrected chi connectivity index (χ4v) is 8.46. The van der Waals surface area contributed by atoms with E-state index in [1.54, 1.807) is 0 Å². The quantitative estimate of drug-likeness (QED) is 0.740. The van der Waals surface area contributed by atoms with E-state index in [4.69, 9.17) is 0 Å². The Morgan fingerprint density at radius 3 is 2.64 bits per heavy atom. The molecule has 0 spiro atoms. The fraction of sp³-hybridized carbons (Fsp3) is 0.619. The van der Waals surface area contributed by atoms with E-state index in [1.165, 1.54) is 43.0 Å². The van der Waals surface area contributed by atoms with Crippen LogP contribution in [-0.4, -0.2) is 42.3 Å². The van der Waals surface area contributed by atoms with Gasteiger partial charge < -0.3 is 4.90 Å². The summed E-state index contributed by atoms with van der Waals surface area (Å²) in [6.45, 7) is 4.11. The van der Waals surface area contributed by atoms with E-state index in [0.717, 1.165) is 17.7 Å². The molecule has 28 heavy (non-hydrogen) atoms. The number of rotatable bonds is 4. The maximum Gasteiger partial charge on any atom is 0.248 e. The molecule has 0 unspecified atom stereocenters. The van der Waals surface area contributed by atoms with Gasteiger partial charge in [-0.1, -0.05) is 43.5 Å². The van der Waals surface area contributed by atoms with Crippen LogP contribution < -0.4 is 4.90 Å².